The lowest BCUT2D eigenvalue weighted by molar-refractivity contribution is -0.122. The van der Waals surface area contributed by atoms with Crippen LogP contribution in [0.5, 0.6) is 5.75 Å². The van der Waals surface area contributed by atoms with Crippen LogP contribution in [0.4, 0.5) is 17.2 Å². The maximum absolute atomic E-state index is 12.4. The smallest absolute Gasteiger partial charge is 0.265 e. The first-order valence-corrected chi connectivity index (χ1v) is 9.82. The Kier molecular flexibility index (Phi) is 5.89. The van der Waals surface area contributed by atoms with Gasteiger partial charge < -0.3 is 15.4 Å². The fourth-order valence-electron chi connectivity index (χ4n) is 2.92. The van der Waals surface area contributed by atoms with E-state index in [9.17, 15) is 4.79 Å². The average Bonchev–Trinajstić information content (AvgIpc) is 3.30. The molecule has 8 heteroatoms. The number of ether oxygens (including phenoxy) is 1. The lowest BCUT2D eigenvalue weighted by Crippen LogP contribution is -2.30. The van der Waals surface area contributed by atoms with Crippen molar-refractivity contribution in [1.29, 1.82) is 0 Å². The molecule has 2 aromatic heterocycles. The molecule has 1 amide bonds. The molecule has 0 saturated carbocycles. The van der Waals surface area contributed by atoms with Crippen LogP contribution in [0.1, 0.15) is 12.7 Å². The highest BCUT2D eigenvalue weighted by Crippen LogP contribution is 2.20. The molecule has 8 nitrogen and oxygen atoms in total. The minimum atomic E-state index is -0.620. The summed E-state index contributed by atoms with van der Waals surface area (Å²) in [5.74, 6) is 2.39. The summed E-state index contributed by atoms with van der Waals surface area (Å²) in [5, 5.41) is 10.3. The van der Waals surface area contributed by atoms with E-state index in [1.54, 1.807) is 17.8 Å². The molecule has 0 aliphatic rings. The number of hydrogen-bond acceptors (Lipinski definition) is 6. The molecule has 156 valence electrons. The minimum absolute atomic E-state index is 0.222. The first-order chi connectivity index (χ1) is 15.1. The predicted molar refractivity (Wildman–Crippen MR) is 119 cm³/mol. The number of benzene rings is 2. The van der Waals surface area contributed by atoms with Gasteiger partial charge in [-0.3, -0.25) is 4.79 Å². The second-order valence-electron chi connectivity index (χ2n) is 6.87. The summed E-state index contributed by atoms with van der Waals surface area (Å²) in [6.07, 6.45) is 2.90. The van der Waals surface area contributed by atoms with Crippen LogP contribution < -0.4 is 15.4 Å². The van der Waals surface area contributed by atoms with Gasteiger partial charge in [0.15, 0.2) is 11.9 Å². The van der Waals surface area contributed by atoms with Crippen LogP contribution in [0.25, 0.3) is 5.82 Å². The van der Waals surface area contributed by atoms with Crippen molar-refractivity contribution in [3.63, 3.8) is 0 Å². The van der Waals surface area contributed by atoms with Crippen LogP contribution in [0.15, 0.2) is 79.1 Å². The number of nitrogens with one attached hydrogen (secondary N) is 2. The molecule has 0 spiro atoms. The van der Waals surface area contributed by atoms with Crippen molar-refractivity contribution in [3.8, 4) is 11.6 Å². The maximum atomic E-state index is 12.4. The number of rotatable bonds is 7. The summed E-state index contributed by atoms with van der Waals surface area (Å²) in [4.78, 5) is 21.2. The van der Waals surface area contributed by atoms with Crippen molar-refractivity contribution in [2.24, 2.45) is 0 Å². The van der Waals surface area contributed by atoms with Gasteiger partial charge in [-0.2, -0.15) is 5.10 Å². The average molecular weight is 414 g/mol. The number of aryl methyl sites for hydroxylation is 1. The second-order valence-corrected chi connectivity index (χ2v) is 6.87. The van der Waals surface area contributed by atoms with Gasteiger partial charge in [-0.1, -0.05) is 18.2 Å². The number of carbonyl (C=O) groups is 1. The van der Waals surface area contributed by atoms with E-state index in [1.807, 2.05) is 79.9 Å². The third-order valence-corrected chi connectivity index (χ3v) is 4.41. The van der Waals surface area contributed by atoms with Crippen molar-refractivity contribution >= 4 is 23.1 Å². The predicted octanol–water partition coefficient (Wildman–Crippen LogP) is 4.12. The lowest BCUT2D eigenvalue weighted by atomic mass is 10.2. The Balaban J connectivity index is 1.39. The van der Waals surface area contributed by atoms with Crippen molar-refractivity contribution in [1.82, 2.24) is 19.7 Å². The van der Waals surface area contributed by atoms with Crippen molar-refractivity contribution < 1.29 is 9.53 Å². The van der Waals surface area contributed by atoms with Gasteiger partial charge in [-0.15, -0.1) is 0 Å². The Bertz CT molecular complexity index is 1140. The Morgan fingerprint density at radius 1 is 1.00 bits per heavy atom. The van der Waals surface area contributed by atoms with E-state index < -0.39 is 6.10 Å². The van der Waals surface area contributed by atoms with Gasteiger partial charge in [0.2, 0.25) is 0 Å². The molecule has 4 rings (SSSR count). The molecule has 0 fully saturated rings. The Labute approximate surface area is 179 Å². The third-order valence-electron chi connectivity index (χ3n) is 4.41. The normalized spacial score (nSPS) is 11.5. The SMILES string of the molecule is Cc1nc(Nc2ccc(NC(=O)[C@@H](C)Oc3ccccc3)cc2)cc(-n2cccn2)n1. The molecule has 0 aliphatic carbocycles. The quantitative estimate of drug-likeness (QED) is 0.472. The van der Waals surface area contributed by atoms with Gasteiger partial charge >= 0.3 is 0 Å². The van der Waals surface area contributed by atoms with E-state index in [0.717, 1.165) is 5.69 Å². The van der Waals surface area contributed by atoms with Crippen LogP contribution in [0, 0.1) is 6.92 Å². The van der Waals surface area contributed by atoms with E-state index in [0.29, 0.717) is 28.9 Å². The Morgan fingerprint density at radius 3 is 2.45 bits per heavy atom. The van der Waals surface area contributed by atoms with Crippen LogP contribution in [-0.4, -0.2) is 31.8 Å². The third kappa shape index (κ3) is 5.24. The maximum Gasteiger partial charge on any atom is 0.265 e. The fourth-order valence-corrected chi connectivity index (χ4v) is 2.92. The van der Waals surface area contributed by atoms with E-state index in [1.165, 1.54) is 0 Å². The highest BCUT2D eigenvalue weighted by Gasteiger charge is 2.14. The van der Waals surface area contributed by atoms with Crippen LogP contribution >= 0.6 is 0 Å². The monoisotopic (exact) mass is 414 g/mol. The molecule has 4 aromatic rings. The summed E-state index contributed by atoms with van der Waals surface area (Å²) in [6.45, 7) is 3.54. The molecule has 0 aliphatic heterocycles. The van der Waals surface area contributed by atoms with Gasteiger partial charge in [0, 0.05) is 29.8 Å². The zero-order chi connectivity index (χ0) is 21.6. The fraction of sp³-hybridized carbons (Fsp3) is 0.130. The number of amides is 1. The van der Waals surface area contributed by atoms with E-state index in [4.69, 9.17) is 4.74 Å². The summed E-state index contributed by atoms with van der Waals surface area (Å²) >= 11 is 0. The Hall–Kier alpha value is -4.20. The van der Waals surface area contributed by atoms with Crippen LogP contribution in [-0.2, 0) is 4.79 Å². The van der Waals surface area contributed by atoms with Gasteiger partial charge in [0.05, 0.1) is 0 Å². The van der Waals surface area contributed by atoms with E-state index in [-0.39, 0.29) is 5.91 Å². The molecule has 2 heterocycles. The van der Waals surface area contributed by atoms with E-state index >= 15 is 0 Å². The van der Waals surface area contributed by atoms with Gasteiger partial charge in [0.25, 0.3) is 5.91 Å². The second kappa shape index (κ2) is 9.08. The van der Waals surface area contributed by atoms with Crippen molar-refractivity contribution in [3.05, 3.63) is 84.9 Å². The van der Waals surface area contributed by atoms with Crippen LogP contribution in [0.3, 0.4) is 0 Å². The molecular weight excluding hydrogens is 392 g/mol. The topological polar surface area (TPSA) is 94.0 Å². The van der Waals surface area contributed by atoms with Gasteiger partial charge in [-0.25, -0.2) is 14.6 Å². The summed E-state index contributed by atoms with van der Waals surface area (Å²) in [5.41, 5.74) is 1.51. The van der Waals surface area contributed by atoms with Crippen LogP contribution in [0.2, 0.25) is 0 Å². The highest BCUT2D eigenvalue weighted by molar-refractivity contribution is 5.94. The van der Waals surface area contributed by atoms with E-state index in [2.05, 4.69) is 25.7 Å². The summed E-state index contributed by atoms with van der Waals surface area (Å²) in [7, 11) is 0. The highest BCUT2D eigenvalue weighted by atomic mass is 16.5. The lowest BCUT2D eigenvalue weighted by Gasteiger charge is -2.15. The number of hydrogen-bond donors (Lipinski definition) is 2. The molecule has 2 N–H and O–H groups in total. The molecule has 0 unspecified atom stereocenters. The first kappa shape index (κ1) is 20.1. The standard InChI is InChI=1S/C23H22N6O2/c1-16(31-20-7-4-3-5-8-20)23(30)28-19-11-9-18(10-12-19)27-21-15-22(26-17(2)25-21)29-14-6-13-24-29/h3-16H,1-2H3,(H,28,30)(H,25,26,27)/t16-/m1/s1. The zero-order valence-corrected chi connectivity index (χ0v) is 17.2. The zero-order valence-electron chi connectivity index (χ0n) is 17.2. The number of anilines is 3. The first-order valence-electron chi connectivity index (χ1n) is 9.82. The van der Waals surface area contributed by atoms with Crippen molar-refractivity contribution in [2.75, 3.05) is 10.6 Å². The number of carbonyl (C=O) groups excluding carboxylic acids is 1. The molecule has 0 radical (unpaired) electrons. The number of aromatic nitrogens is 4. The number of para-hydroxylation sites is 1. The minimum Gasteiger partial charge on any atom is -0.481 e. The summed E-state index contributed by atoms with van der Waals surface area (Å²) < 4.78 is 7.34. The summed E-state index contributed by atoms with van der Waals surface area (Å²) in [6, 6.07) is 20.3. The van der Waals surface area contributed by atoms with Gasteiger partial charge in [-0.05, 0) is 56.3 Å². The van der Waals surface area contributed by atoms with Gasteiger partial charge in [0.1, 0.15) is 17.4 Å². The largest absolute Gasteiger partial charge is 0.481 e. The van der Waals surface area contributed by atoms with Crippen molar-refractivity contribution in [2.45, 2.75) is 20.0 Å². The molecule has 0 saturated heterocycles. The molecular formula is C23H22N6O2. The molecule has 0 bridgehead atoms. The number of nitrogens with zero attached hydrogens (tertiary/aromatic N) is 4. The molecule has 31 heavy (non-hydrogen) atoms. The molecule has 2 aromatic carbocycles. The Morgan fingerprint density at radius 2 is 1.74 bits per heavy atom. The molecule has 1 atom stereocenters.